The number of sulfonamides is 1. The highest BCUT2D eigenvalue weighted by Crippen LogP contribution is 2.57. The van der Waals surface area contributed by atoms with Gasteiger partial charge in [0, 0.05) is 44.2 Å². The molecule has 1 saturated heterocycles. The van der Waals surface area contributed by atoms with Gasteiger partial charge in [0.05, 0.1) is 11.9 Å². The Hall–Kier alpha value is -0.130. The second-order valence-electron chi connectivity index (χ2n) is 8.17. The molecule has 9 heteroatoms. The van der Waals surface area contributed by atoms with E-state index in [2.05, 4.69) is 22.5 Å². The van der Waals surface area contributed by atoms with E-state index < -0.39 is 10.0 Å². The summed E-state index contributed by atoms with van der Waals surface area (Å²) in [6.45, 7) is 5.95. The van der Waals surface area contributed by atoms with Crippen molar-refractivity contribution in [3.8, 4) is 0 Å². The molecule has 2 unspecified atom stereocenters. The normalized spacial score (nSPS) is 28.2. The second-order valence-corrected chi connectivity index (χ2v) is 10.3. The van der Waals surface area contributed by atoms with E-state index in [9.17, 15) is 8.42 Å². The van der Waals surface area contributed by atoms with Crippen LogP contribution in [0.15, 0.2) is 4.99 Å². The third-order valence-corrected chi connectivity index (χ3v) is 8.70. The Morgan fingerprint density at radius 3 is 2.39 bits per heavy atom. The molecule has 0 aromatic carbocycles. The van der Waals surface area contributed by atoms with Crippen LogP contribution in [0.25, 0.3) is 0 Å². The summed E-state index contributed by atoms with van der Waals surface area (Å²) in [5, 5.41) is 7.14. The van der Waals surface area contributed by atoms with Crippen LogP contribution >= 0.6 is 24.0 Å². The quantitative estimate of drug-likeness (QED) is 0.301. The van der Waals surface area contributed by atoms with Gasteiger partial charge in [0.15, 0.2) is 5.96 Å². The molecule has 2 saturated carbocycles. The Morgan fingerprint density at radius 2 is 1.89 bits per heavy atom. The van der Waals surface area contributed by atoms with Crippen LogP contribution in [0.3, 0.4) is 0 Å². The van der Waals surface area contributed by atoms with Crippen molar-refractivity contribution in [1.29, 1.82) is 0 Å². The van der Waals surface area contributed by atoms with Gasteiger partial charge in [-0.3, -0.25) is 4.99 Å². The maximum absolute atomic E-state index is 12.2. The van der Waals surface area contributed by atoms with Gasteiger partial charge in [-0.15, -0.1) is 24.0 Å². The second kappa shape index (κ2) is 10.3. The first-order chi connectivity index (χ1) is 12.9. The number of nitrogens with one attached hydrogen (secondary N) is 2. The minimum Gasteiger partial charge on any atom is -0.378 e. The molecule has 7 nitrogen and oxygen atoms in total. The highest BCUT2D eigenvalue weighted by atomic mass is 127. The van der Waals surface area contributed by atoms with Crippen LogP contribution in [0, 0.1) is 5.41 Å². The Kier molecular flexibility index (Phi) is 8.84. The number of piperidine rings is 1. The highest BCUT2D eigenvalue weighted by Gasteiger charge is 2.59. The SMILES string of the molecule is CCCS(=O)(=O)N1CCC(NC(=NC)NC2CC(OCC)C23CCC3)CC1.I. The summed E-state index contributed by atoms with van der Waals surface area (Å²) in [4.78, 5) is 4.42. The molecule has 0 bridgehead atoms. The zero-order chi connectivity index (χ0) is 19.5. The number of hydrogen-bond acceptors (Lipinski definition) is 4. The monoisotopic (exact) mass is 528 g/mol. The van der Waals surface area contributed by atoms with Gasteiger partial charge < -0.3 is 15.4 Å². The average Bonchev–Trinajstić information content (AvgIpc) is 2.58. The van der Waals surface area contributed by atoms with E-state index in [1.807, 2.05) is 14.0 Å². The van der Waals surface area contributed by atoms with Crippen molar-refractivity contribution in [1.82, 2.24) is 14.9 Å². The molecular formula is C19H37IN4O3S. The first-order valence-corrected chi connectivity index (χ1v) is 12.2. The molecule has 1 heterocycles. The van der Waals surface area contributed by atoms with Gasteiger partial charge in [0.2, 0.25) is 10.0 Å². The zero-order valence-electron chi connectivity index (χ0n) is 17.4. The van der Waals surface area contributed by atoms with Gasteiger partial charge in [-0.05, 0) is 45.4 Å². The first kappa shape index (κ1) is 24.1. The molecule has 3 fully saturated rings. The molecule has 28 heavy (non-hydrogen) atoms. The lowest BCUT2D eigenvalue weighted by Crippen LogP contribution is -2.69. The maximum atomic E-state index is 12.2. The molecule has 1 aliphatic heterocycles. The number of nitrogens with zero attached hydrogens (tertiary/aromatic N) is 2. The van der Waals surface area contributed by atoms with Crippen molar-refractivity contribution in [2.75, 3.05) is 32.5 Å². The molecule has 164 valence electrons. The van der Waals surface area contributed by atoms with Crippen LogP contribution < -0.4 is 10.6 Å². The average molecular weight is 529 g/mol. The van der Waals surface area contributed by atoms with Crippen LogP contribution in [-0.2, 0) is 14.8 Å². The van der Waals surface area contributed by atoms with Crippen molar-refractivity contribution in [3.63, 3.8) is 0 Å². The fourth-order valence-corrected chi connectivity index (χ4v) is 6.38. The van der Waals surface area contributed by atoms with Crippen LogP contribution in [0.2, 0.25) is 0 Å². The molecule has 2 atom stereocenters. The largest absolute Gasteiger partial charge is 0.378 e. The third kappa shape index (κ3) is 4.95. The molecule has 0 aromatic rings. The van der Waals surface area contributed by atoms with Crippen LogP contribution in [-0.4, -0.2) is 69.4 Å². The van der Waals surface area contributed by atoms with E-state index in [4.69, 9.17) is 4.74 Å². The van der Waals surface area contributed by atoms with Crippen molar-refractivity contribution in [2.24, 2.45) is 10.4 Å². The molecule has 2 N–H and O–H groups in total. The van der Waals surface area contributed by atoms with Crippen LogP contribution in [0.4, 0.5) is 0 Å². The summed E-state index contributed by atoms with van der Waals surface area (Å²) < 4.78 is 32.0. The lowest BCUT2D eigenvalue weighted by molar-refractivity contribution is -0.168. The van der Waals surface area contributed by atoms with Crippen molar-refractivity contribution in [2.45, 2.75) is 77.0 Å². The molecule has 3 aliphatic rings. The summed E-state index contributed by atoms with van der Waals surface area (Å²) in [7, 11) is -1.27. The predicted molar refractivity (Wildman–Crippen MR) is 124 cm³/mol. The standard InChI is InChI=1S/C19H36N4O3S.HI/c1-4-13-27(24,25)23-11-7-15(8-12-23)21-18(20-3)22-16-14-17(26-5-2)19(16)9-6-10-19;/h15-17H,4-14H2,1-3H3,(H2,20,21,22);1H. The fourth-order valence-electron chi connectivity index (χ4n) is 4.84. The van der Waals surface area contributed by atoms with Gasteiger partial charge >= 0.3 is 0 Å². The van der Waals surface area contributed by atoms with Crippen molar-refractivity contribution in [3.05, 3.63) is 0 Å². The molecule has 0 aromatic heterocycles. The summed E-state index contributed by atoms with van der Waals surface area (Å²) in [5.41, 5.74) is 0.297. The maximum Gasteiger partial charge on any atom is 0.214 e. The van der Waals surface area contributed by atoms with Gasteiger partial charge in [-0.1, -0.05) is 13.3 Å². The number of guanidine groups is 1. The topological polar surface area (TPSA) is 83.0 Å². The molecule has 1 spiro atoms. The number of hydrogen-bond donors (Lipinski definition) is 2. The van der Waals surface area contributed by atoms with E-state index in [0.717, 1.165) is 31.8 Å². The van der Waals surface area contributed by atoms with E-state index in [1.165, 1.54) is 19.3 Å². The van der Waals surface area contributed by atoms with Crippen molar-refractivity contribution < 1.29 is 13.2 Å². The minimum absolute atomic E-state index is 0. The van der Waals surface area contributed by atoms with E-state index in [1.54, 1.807) is 4.31 Å². The Balaban J connectivity index is 0.00000280. The third-order valence-electron chi connectivity index (χ3n) is 6.62. The Labute approximate surface area is 187 Å². The predicted octanol–water partition coefficient (Wildman–Crippen LogP) is 2.32. The molecule has 0 amide bonds. The first-order valence-electron chi connectivity index (χ1n) is 10.5. The Morgan fingerprint density at radius 1 is 1.21 bits per heavy atom. The Bertz CT molecular complexity index is 631. The molecule has 2 aliphatic carbocycles. The van der Waals surface area contributed by atoms with Gasteiger partial charge in [-0.25, -0.2) is 12.7 Å². The summed E-state index contributed by atoms with van der Waals surface area (Å²) in [6.07, 6.45) is 7.50. The zero-order valence-corrected chi connectivity index (χ0v) is 20.6. The molecule has 0 radical (unpaired) electrons. The number of halogens is 1. The van der Waals surface area contributed by atoms with Gasteiger partial charge in [0.1, 0.15) is 0 Å². The van der Waals surface area contributed by atoms with E-state index >= 15 is 0 Å². The summed E-state index contributed by atoms with van der Waals surface area (Å²) in [6, 6.07) is 0.698. The molecular weight excluding hydrogens is 491 g/mol. The fraction of sp³-hybridized carbons (Fsp3) is 0.947. The smallest absolute Gasteiger partial charge is 0.214 e. The summed E-state index contributed by atoms with van der Waals surface area (Å²) in [5.74, 6) is 1.09. The van der Waals surface area contributed by atoms with E-state index in [0.29, 0.717) is 37.1 Å². The highest BCUT2D eigenvalue weighted by molar-refractivity contribution is 14.0. The number of ether oxygens (including phenoxy) is 1. The molecule has 3 rings (SSSR count). The van der Waals surface area contributed by atoms with Crippen LogP contribution in [0.1, 0.15) is 58.8 Å². The van der Waals surface area contributed by atoms with Crippen molar-refractivity contribution >= 4 is 40.0 Å². The lowest BCUT2D eigenvalue weighted by atomic mass is 9.51. The number of rotatable bonds is 7. The van der Waals surface area contributed by atoms with Gasteiger partial charge in [0.25, 0.3) is 0 Å². The number of aliphatic imine (C=N–C) groups is 1. The van der Waals surface area contributed by atoms with E-state index in [-0.39, 0.29) is 35.8 Å². The minimum atomic E-state index is -3.08. The summed E-state index contributed by atoms with van der Waals surface area (Å²) >= 11 is 0. The van der Waals surface area contributed by atoms with Crippen LogP contribution in [0.5, 0.6) is 0 Å². The lowest BCUT2D eigenvalue weighted by Gasteiger charge is -2.61. The van der Waals surface area contributed by atoms with Gasteiger partial charge in [-0.2, -0.15) is 0 Å².